The van der Waals surface area contributed by atoms with Crippen molar-refractivity contribution in [3.05, 3.63) is 41.4 Å². The average Bonchev–Trinajstić information content (AvgIpc) is 2.48. The largest absolute Gasteiger partial charge is 0.302 e. The molecule has 1 aromatic rings. The summed E-state index contributed by atoms with van der Waals surface area (Å²) in [6.07, 6.45) is 8.36. The molecule has 1 spiro atoms. The van der Waals surface area contributed by atoms with Crippen molar-refractivity contribution in [2.24, 2.45) is 0 Å². The number of carbonyl (C=O) groups excluding carboxylic acids is 1. The van der Waals surface area contributed by atoms with Crippen LogP contribution in [0.25, 0.3) is 0 Å². The summed E-state index contributed by atoms with van der Waals surface area (Å²) in [4.78, 5) is 14.6. The van der Waals surface area contributed by atoms with Crippen molar-refractivity contribution in [3.8, 4) is 0 Å². The molecular formula is C18H22ClNO. The quantitative estimate of drug-likeness (QED) is 0.663. The van der Waals surface area contributed by atoms with Crippen LogP contribution >= 0.6 is 11.6 Å². The van der Waals surface area contributed by atoms with Crippen LogP contribution < -0.4 is 4.90 Å². The lowest BCUT2D eigenvalue weighted by Gasteiger charge is -2.51. The maximum Gasteiger partial charge on any atom is 0.250 e. The van der Waals surface area contributed by atoms with E-state index in [4.69, 9.17) is 11.6 Å². The third-order valence-electron chi connectivity index (χ3n) is 5.10. The van der Waals surface area contributed by atoms with Crippen molar-refractivity contribution in [1.29, 1.82) is 0 Å². The van der Waals surface area contributed by atoms with Crippen LogP contribution in [0.4, 0.5) is 5.69 Å². The lowest BCUT2D eigenvalue weighted by atomic mass is 9.70. The Morgan fingerprint density at radius 2 is 2.10 bits per heavy atom. The molecule has 112 valence electrons. The molecule has 3 heteroatoms. The number of halogens is 1. The Bertz CT molecular complexity index is 575. The zero-order valence-electron chi connectivity index (χ0n) is 12.6. The fourth-order valence-electron chi connectivity index (χ4n) is 4.23. The molecule has 1 aromatic carbocycles. The van der Waals surface area contributed by atoms with E-state index in [1.807, 2.05) is 23.1 Å². The molecule has 3 rings (SSSR count). The fraction of sp³-hybridized carbons (Fsp3) is 0.500. The highest BCUT2D eigenvalue weighted by Crippen LogP contribution is 2.50. The average molecular weight is 304 g/mol. The molecule has 1 aliphatic carbocycles. The lowest BCUT2D eigenvalue weighted by Crippen LogP contribution is -2.56. The Labute approximate surface area is 131 Å². The Hall–Kier alpha value is -1.28. The third-order valence-corrected chi connectivity index (χ3v) is 5.34. The van der Waals surface area contributed by atoms with Gasteiger partial charge >= 0.3 is 0 Å². The zero-order chi connectivity index (χ0) is 15.0. The van der Waals surface area contributed by atoms with Crippen molar-refractivity contribution in [2.75, 3.05) is 4.90 Å². The molecule has 0 saturated heterocycles. The van der Waals surface area contributed by atoms with Gasteiger partial charge in [0.2, 0.25) is 0 Å². The highest BCUT2D eigenvalue weighted by Gasteiger charge is 2.46. The number of rotatable bonds is 1. The summed E-state index contributed by atoms with van der Waals surface area (Å²) in [6, 6.07) is 5.91. The van der Waals surface area contributed by atoms with Gasteiger partial charge in [0, 0.05) is 16.2 Å². The number of fused-ring (bicyclic) bond motifs is 1. The van der Waals surface area contributed by atoms with E-state index >= 15 is 0 Å². The predicted molar refractivity (Wildman–Crippen MR) is 88.0 cm³/mol. The van der Waals surface area contributed by atoms with Gasteiger partial charge in [0.25, 0.3) is 5.91 Å². The highest BCUT2D eigenvalue weighted by atomic mass is 35.5. The van der Waals surface area contributed by atoms with Crippen molar-refractivity contribution in [3.63, 3.8) is 0 Å². The molecule has 0 bridgehead atoms. The van der Waals surface area contributed by atoms with Crippen molar-refractivity contribution < 1.29 is 4.79 Å². The zero-order valence-corrected chi connectivity index (χ0v) is 13.3. The fourth-order valence-corrected chi connectivity index (χ4v) is 4.41. The summed E-state index contributed by atoms with van der Waals surface area (Å²) < 4.78 is 0. The predicted octanol–water partition coefficient (Wildman–Crippen LogP) is 5.07. The van der Waals surface area contributed by atoms with E-state index in [9.17, 15) is 4.79 Å². The highest BCUT2D eigenvalue weighted by molar-refractivity contribution is 6.30. The monoisotopic (exact) mass is 303 g/mol. The number of hydrogen-bond donors (Lipinski definition) is 0. The second-order valence-corrected chi connectivity index (χ2v) is 6.91. The summed E-state index contributed by atoms with van der Waals surface area (Å²) in [5.41, 5.74) is 2.20. The van der Waals surface area contributed by atoms with Crippen LogP contribution in [-0.2, 0) is 4.79 Å². The van der Waals surface area contributed by atoms with E-state index in [-0.39, 0.29) is 11.4 Å². The minimum Gasteiger partial charge on any atom is -0.302 e. The van der Waals surface area contributed by atoms with Crippen LogP contribution in [0.2, 0.25) is 5.02 Å². The molecule has 1 atom stereocenters. The van der Waals surface area contributed by atoms with E-state index in [0.717, 1.165) is 30.0 Å². The molecule has 21 heavy (non-hydrogen) atoms. The number of amides is 1. The van der Waals surface area contributed by atoms with Gasteiger partial charge in [-0.3, -0.25) is 4.79 Å². The van der Waals surface area contributed by atoms with Gasteiger partial charge < -0.3 is 4.90 Å². The van der Waals surface area contributed by atoms with E-state index in [1.165, 1.54) is 30.9 Å². The molecule has 1 aliphatic heterocycles. The number of nitrogens with zero attached hydrogens (tertiary/aromatic N) is 1. The van der Waals surface area contributed by atoms with Crippen LogP contribution in [0, 0.1) is 0 Å². The standard InChI is InChI=1S/C18H22ClNO/c1-3-17(21)20-16-8-7-14(19)11-15(16)13(2)12-18(20)9-5-4-6-10-18/h3,7-8,11,13H,1,4-6,9-10,12H2,2H3. The molecule has 1 heterocycles. The Morgan fingerprint density at radius 3 is 2.76 bits per heavy atom. The molecule has 2 aliphatic rings. The maximum atomic E-state index is 12.6. The van der Waals surface area contributed by atoms with Crippen molar-refractivity contribution in [1.82, 2.24) is 0 Å². The number of hydrogen-bond acceptors (Lipinski definition) is 1. The SMILES string of the molecule is C=CC(=O)N1c2ccc(Cl)cc2C(C)CC12CCCCC2. The molecule has 0 N–H and O–H groups in total. The first-order chi connectivity index (χ1) is 10.1. The van der Waals surface area contributed by atoms with Crippen LogP contribution in [0.5, 0.6) is 0 Å². The van der Waals surface area contributed by atoms with Gasteiger partial charge in [-0.25, -0.2) is 0 Å². The summed E-state index contributed by atoms with van der Waals surface area (Å²) in [5, 5.41) is 0.742. The van der Waals surface area contributed by atoms with Crippen molar-refractivity contribution >= 4 is 23.2 Å². The Balaban J connectivity index is 2.14. The smallest absolute Gasteiger partial charge is 0.250 e. The van der Waals surface area contributed by atoms with Gasteiger partial charge in [0.15, 0.2) is 0 Å². The normalized spacial score (nSPS) is 23.7. The maximum absolute atomic E-state index is 12.6. The minimum atomic E-state index is -0.0240. The van der Waals surface area contributed by atoms with Crippen LogP contribution in [0.15, 0.2) is 30.9 Å². The molecular weight excluding hydrogens is 282 g/mol. The molecule has 1 fully saturated rings. The molecule has 0 radical (unpaired) electrons. The van der Waals surface area contributed by atoms with E-state index in [1.54, 1.807) is 0 Å². The number of anilines is 1. The minimum absolute atomic E-state index is 0.0207. The lowest BCUT2D eigenvalue weighted by molar-refractivity contribution is -0.115. The van der Waals surface area contributed by atoms with Crippen LogP contribution in [0.3, 0.4) is 0 Å². The van der Waals surface area contributed by atoms with E-state index in [0.29, 0.717) is 5.92 Å². The summed E-state index contributed by atoms with van der Waals surface area (Å²) in [7, 11) is 0. The first-order valence-electron chi connectivity index (χ1n) is 7.83. The van der Waals surface area contributed by atoms with Gasteiger partial charge in [-0.15, -0.1) is 0 Å². The van der Waals surface area contributed by atoms with Crippen LogP contribution in [-0.4, -0.2) is 11.4 Å². The van der Waals surface area contributed by atoms with Gasteiger partial charge in [-0.05, 0) is 55.0 Å². The molecule has 1 saturated carbocycles. The molecule has 0 aromatic heterocycles. The second-order valence-electron chi connectivity index (χ2n) is 6.47. The third kappa shape index (κ3) is 2.40. The van der Waals surface area contributed by atoms with E-state index < -0.39 is 0 Å². The molecule has 1 amide bonds. The van der Waals surface area contributed by atoms with Crippen LogP contribution in [0.1, 0.15) is 56.9 Å². The van der Waals surface area contributed by atoms with Crippen molar-refractivity contribution in [2.45, 2.75) is 56.9 Å². The second kappa shape index (κ2) is 5.49. The van der Waals surface area contributed by atoms with E-state index in [2.05, 4.69) is 13.5 Å². The topological polar surface area (TPSA) is 20.3 Å². The summed E-state index contributed by atoms with van der Waals surface area (Å²) in [6.45, 7) is 5.96. The first-order valence-corrected chi connectivity index (χ1v) is 8.21. The van der Waals surface area contributed by atoms with Gasteiger partial charge in [-0.2, -0.15) is 0 Å². The molecule has 1 unspecified atom stereocenters. The Morgan fingerprint density at radius 1 is 1.38 bits per heavy atom. The molecule has 2 nitrogen and oxygen atoms in total. The number of benzene rings is 1. The van der Waals surface area contributed by atoms with Gasteiger partial charge in [0.1, 0.15) is 0 Å². The Kier molecular flexibility index (Phi) is 3.83. The number of carbonyl (C=O) groups is 1. The van der Waals surface area contributed by atoms with Gasteiger partial charge in [0.05, 0.1) is 0 Å². The van der Waals surface area contributed by atoms with Gasteiger partial charge in [-0.1, -0.05) is 44.4 Å². The summed E-state index contributed by atoms with van der Waals surface area (Å²) >= 11 is 6.16. The summed E-state index contributed by atoms with van der Waals surface area (Å²) in [5.74, 6) is 0.457. The first kappa shape index (κ1) is 14.6.